The Labute approximate surface area is 154 Å². The van der Waals surface area contributed by atoms with Gasteiger partial charge in [-0.25, -0.2) is 8.42 Å². The molecule has 8 nitrogen and oxygen atoms in total. The lowest BCUT2D eigenvalue weighted by atomic mass is 9.98. The average molecular weight is 382 g/mol. The van der Waals surface area contributed by atoms with E-state index in [1.807, 2.05) is 13.8 Å². The molecule has 2 amide bonds. The van der Waals surface area contributed by atoms with Crippen LogP contribution in [0.15, 0.2) is 29.4 Å². The molecular weight excluding hydrogens is 356 g/mol. The number of amides is 2. The van der Waals surface area contributed by atoms with E-state index in [0.29, 0.717) is 39.0 Å². The molecule has 144 valence electrons. The Morgan fingerprint density at radius 2 is 1.88 bits per heavy atom. The Morgan fingerprint density at radius 3 is 2.46 bits per heavy atom. The normalized spacial score (nSPS) is 16.4. The zero-order valence-corrected chi connectivity index (χ0v) is 16.0. The fourth-order valence-corrected chi connectivity index (χ4v) is 4.13. The van der Waals surface area contributed by atoms with Crippen LogP contribution in [-0.2, 0) is 19.6 Å². The fraction of sp³-hybridized carbons (Fsp3) is 0.588. The topological polar surface area (TPSA) is 108 Å². The first kappa shape index (κ1) is 20.3. The van der Waals surface area contributed by atoms with Gasteiger partial charge in [-0.3, -0.25) is 14.6 Å². The summed E-state index contributed by atoms with van der Waals surface area (Å²) in [4.78, 5) is 27.5. The number of rotatable bonds is 6. The van der Waals surface area contributed by atoms with E-state index in [9.17, 15) is 18.0 Å². The molecule has 0 bridgehead atoms. The molecule has 0 saturated carbocycles. The van der Waals surface area contributed by atoms with Gasteiger partial charge in [-0.2, -0.15) is 4.31 Å². The first-order valence-corrected chi connectivity index (χ1v) is 10.2. The Bertz CT molecular complexity index is 714. The van der Waals surface area contributed by atoms with Crippen LogP contribution in [0.3, 0.4) is 0 Å². The third-order valence-corrected chi connectivity index (χ3v) is 6.16. The number of piperidine rings is 1. The molecule has 0 atom stereocenters. The van der Waals surface area contributed by atoms with Gasteiger partial charge >= 0.3 is 11.8 Å². The summed E-state index contributed by atoms with van der Waals surface area (Å²) in [5.74, 6) is -0.846. The van der Waals surface area contributed by atoms with E-state index in [2.05, 4.69) is 15.6 Å². The number of sulfonamides is 1. The standard InChI is InChI=1S/C17H26N4O4S/c1-13(2)10-19-16(22)17(23)20-11-14-5-8-21(9-6-14)26(24,25)15-4-3-7-18-12-15/h3-4,7,12-14H,5-6,8-11H2,1-2H3,(H,19,22)(H,20,23). The zero-order valence-electron chi connectivity index (χ0n) is 15.1. The van der Waals surface area contributed by atoms with Gasteiger partial charge in [0.25, 0.3) is 0 Å². The van der Waals surface area contributed by atoms with Gasteiger partial charge in [-0.15, -0.1) is 0 Å². The summed E-state index contributed by atoms with van der Waals surface area (Å²) in [6.07, 6.45) is 4.14. The molecule has 0 radical (unpaired) electrons. The van der Waals surface area contributed by atoms with Crippen molar-refractivity contribution in [1.29, 1.82) is 0 Å². The molecule has 1 fully saturated rings. The molecule has 2 N–H and O–H groups in total. The second-order valence-corrected chi connectivity index (χ2v) is 8.79. The van der Waals surface area contributed by atoms with Crippen molar-refractivity contribution < 1.29 is 18.0 Å². The third-order valence-electron chi connectivity index (χ3n) is 4.27. The largest absolute Gasteiger partial charge is 0.348 e. The van der Waals surface area contributed by atoms with Crippen molar-refractivity contribution in [2.45, 2.75) is 31.6 Å². The van der Waals surface area contributed by atoms with Gasteiger partial charge < -0.3 is 10.6 Å². The lowest BCUT2D eigenvalue weighted by Crippen LogP contribution is -2.45. The number of aromatic nitrogens is 1. The van der Waals surface area contributed by atoms with E-state index in [-0.39, 0.29) is 16.7 Å². The summed E-state index contributed by atoms with van der Waals surface area (Å²) in [5, 5.41) is 5.20. The smallest absolute Gasteiger partial charge is 0.309 e. The Hall–Kier alpha value is -2.00. The first-order chi connectivity index (χ1) is 12.3. The van der Waals surface area contributed by atoms with Crippen molar-refractivity contribution in [3.05, 3.63) is 24.5 Å². The van der Waals surface area contributed by atoms with Crippen LogP contribution in [0.1, 0.15) is 26.7 Å². The predicted octanol–water partition coefficient (Wildman–Crippen LogP) is 0.371. The number of carbonyl (C=O) groups excluding carboxylic acids is 2. The minimum Gasteiger partial charge on any atom is -0.348 e. The lowest BCUT2D eigenvalue weighted by molar-refractivity contribution is -0.139. The summed E-state index contributed by atoms with van der Waals surface area (Å²) >= 11 is 0. The van der Waals surface area contributed by atoms with Crippen molar-refractivity contribution in [2.75, 3.05) is 26.2 Å². The van der Waals surface area contributed by atoms with E-state index < -0.39 is 21.8 Å². The molecule has 1 aliphatic rings. The molecular formula is C17H26N4O4S. The van der Waals surface area contributed by atoms with Gasteiger partial charge in [-0.1, -0.05) is 13.8 Å². The van der Waals surface area contributed by atoms with E-state index in [4.69, 9.17) is 0 Å². The van der Waals surface area contributed by atoms with Gasteiger partial charge in [0, 0.05) is 38.6 Å². The number of carbonyl (C=O) groups is 2. The summed E-state index contributed by atoms with van der Waals surface area (Å²) in [6.45, 7) is 5.50. The first-order valence-electron chi connectivity index (χ1n) is 8.77. The molecule has 2 rings (SSSR count). The van der Waals surface area contributed by atoms with E-state index in [0.717, 1.165) is 0 Å². The molecule has 0 spiro atoms. The summed E-state index contributed by atoms with van der Waals surface area (Å²) in [7, 11) is -3.53. The van der Waals surface area contributed by atoms with Crippen LogP contribution in [0, 0.1) is 11.8 Å². The lowest BCUT2D eigenvalue weighted by Gasteiger charge is -2.31. The van der Waals surface area contributed by atoms with Gasteiger partial charge in [0.05, 0.1) is 0 Å². The maximum absolute atomic E-state index is 12.5. The molecule has 0 aromatic carbocycles. The molecule has 9 heteroatoms. The number of pyridine rings is 1. The highest BCUT2D eigenvalue weighted by molar-refractivity contribution is 7.89. The van der Waals surface area contributed by atoms with Crippen molar-refractivity contribution in [2.24, 2.45) is 11.8 Å². The molecule has 1 aromatic rings. The van der Waals surface area contributed by atoms with Crippen molar-refractivity contribution in [1.82, 2.24) is 19.9 Å². The molecule has 0 aliphatic carbocycles. The van der Waals surface area contributed by atoms with Crippen LogP contribution in [0.2, 0.25) is 0 Å². The number of hydrogen-bond donors (Lipinski definition) is 2. The molecule has 1 aromatic heterocycles. The summed E-state index contributed by atoms with van der Waals surface area (Å²) in [5.41, 5.74) is 0. The Morgan fingerprint density at radius 1 is 1.23 bits per heavy atom. The number of nitrogens with zero attached hydrogens (tertiary/aromatic N) is 2. The van der Waals surface area contributed by atoms with Crippen molar-refractivity contribution in [3.63, 3.8) is 0 Å². The minimum absolute atomic E-state index is 0.150. The van der Waals surface area contributed by atoms with Crippen molar-refractivity contribution in [3.8, 4) is 0 Å². The number of hydrogen-bond acceptors (Lipinski definition) is 5. The highest BCUT2D eigenvalue weighted by atomic mass is 32.2. The highest BCUT2D eigenvalue weighted by Crippen LogP contribution is 2.22. The maximum Gasteiger partial charge on any atom is 0.309 e. The monoisotopic (exact) mass is 382 g/mol. The fourth-order valence-electron chi connectivity index (χ4n) is 2.70. The number of nitrogens with one attached hydrogen (secondary N) is 2. The summed E-state index contributed by atoms with van der Waals surface area (Å²) in [6, 6.07) is 3.13. The average Bonchev–Trinajstić information content (AvgIpc) is 2.65. The maximum atomic E-state index is 12.5. The van der Waals surface area contributed by atoms with E-state index in [1.54, 1.807) is 6.07 Å². The van der Waals surface area contributed by atoms with Crippen LogP contribution in [-0.4, -0.2) is 55.7 Å². The van der Waals surface area contributed by atoms with Crippen LogP contribution in [0.5, 0.6) is 0 Å². The summed E-state index contributed by atoms with van der Waals surface area (Å²) < 4.78 is 26.5. The Kier molecular flexibility index (Phi) is 7.10. The van der Waals surface area contributed by atoms with Gasteiger partial charge in [0.1, 0.15) is 4.90 Å². The van der Waals surface area contributed by atoms with Gasteiger partial charge in [-0.05, 0) is 36.8 Å². The highest BCUT2D eigenvalue weighted by Gasteiger charge is 2.29. The second-order valence-electron chi connectivity index (χ2n) is 6.85. The van der Waals surface area contributed by atoms with Gasteiger partial charge in [0.2, 0.25) is 10.0 Å². The second kappa shape index (κ2) is 9.09. The quantitative estimate of drug-likeness (QED) is 0.691. The van der Waals surface area contributed by atoms with E-state index in [1.165, 1.54) is 22.8 Å². The minimum atomic E-state index is -3.53. The molecule has 0 unspecified atom stereocenters. The molecule has 1 saturated heterocycles. The van der Waals surface area contributed by atoms with Gasteiger partial charge in [0.15, 0.2) is 0 Å². The molecule has 26 heavy (non-hydrogen) atoms. The third kappa shape index (κ3) is 5.50. The van der Waals surface area contributed by atoms with Crippen LogP contribution in [0.25, 0.3) is 0 Å². The van der Waals surface area contributed by atoms with Crippen LogP contribution in [0.4, 0.5) is 0 Å². The molecule has 2 heterocycles. The van der Waals surface area contributed by atoms with Crippen LogP contribution >= 0.6 is 0 Å². The Balaban J connectivity index is 1.78. The van der Waals surface area contributed by atoms with Crippen LogP contribution < -0.4 is 10.6 Å². The van der Waals surface area contributed by atoms with Crippen molar-refractivity contribution >= 4 is 21.8 Å². The van der Waals surface area contributed by atoms with E-state index >= 15 is 0 Å². The zero-order chi connectivity index (χ0) is 19.2. The predicted molar refractivity (Wildman–Crippen MR) is 96.6 cm³/mol. The SMILES string of the molecule is CC(C)CNC(=O)C(=O)NCC1CCN(S(=O)(=O)c2cccnc2)CC1. The molecule has 1 aliphatic heterocycles.